The lowest BCUT2D eigenvalue weighted by Crippen LogP contribution is -2.54. The molecule has 0 bridgehead atoms. The fourth-order valence-electron chi connectivity index (χ4n) is 5.70. The highest BCUT2D eigenvalue weighted by atomic mass is 16.3. The summed E-state index contributed by atoms with van der Waals surface area (Å²) >= 11 is 0. The maximum atomic E-state index is 11.5. The van der Waals surface area contributed by atoms with Gasteiger partial charge >= 0.3 is 0 Å². The summed E-state index contributed by atoms with van der Waals surface area (Å²) < 4.78 is 0. The van der Waals surface area contributed by atoms with Crippen LogP contribution in [-0.2, 0) is 16.8 Å². The highest BCUT2D eigenvalue weighted by Crippen LogP contribution is 2.42. The number of carbonyl (C=O) groups is 1. The van der Waals surface area contributed by atoms with Crippen LogP contribution in [0.25, 0.3) is 0 Å². The third-order valence-corrected chi connectivity index (χ3v) is 7.23. The number of carbonyl (C=O) groups excluding carboxylic acids is 1. The molecule has 2 fully saturated rings. The molecule has 1 aromatic carbocycles. The number of piperidine rings is 1. The maximum Gasteiger partial charge on any atom is 0.210 e. The molecule has 1 saturated carbocycles. The second-order valence-electron chi connectivity index (χ2n) is 9.22. The van der Waals surface area contributed by atoms with Crippen molar-refractivity contribution >= 4 is 6.41 Å². The van der Waals surface area contributed by atoms with Crippen LogP contribution in [0.3, 0.4) is 0 Å². The smallest absolute Gasteiger partial charge is 0.210 e. The van der Waals surface area contributed by atoms with E-state index in [-0.39, 0.29) is 5.41 Å². The normalized spacial score (nSPS) is 25.4. The largest absolute Gasteiger partial charge is 0.389 e. The van der Waals surface area contributed by atoms with Crippen LogP contribution < -0.4 is 0 Å². The summed E-state index contributed by atoms with van der Waals surface area (Å²) in [6.45, 7) is 4.44. The van der Waals surface area contributed by atoms with Gasteiger partial charge in [0.1, 0.15) is 0 Å². The minimum absolute atomic E-state index is 0.0931. The van der Waals surface area contributed by atoms with E-state index in [2.05, 4.69) is 29.2 Å². The molecule has 1 amide bonds. The van der Waals surface area contributed by atoms with Crippen molar-refractivity contribution in [2.24, 2.45) is 0 Å². The van der Waals surface area contributed by atoms with Crippen molar-refractivity contribution in [1.82, 2.24) is 9.80 Å². The molecule has 1 saturated heterocycles. The molecule has 2 heterocycles. The molecular formula is C23H34N2O2. The van der Waals surface area contributed by atoms with E-state index >= 15 is 0 Å². The number of amides is 1. The van der Waals surface area contributed by atoms with Gasteiger partial charge in [0.05, 0.1) is 5.60 Å². The summed E-state index contributed by atoms with van der Waals surface area (Å²) in [7, 11) is 0. The average molecular weight is 371 g/mol. The van der Waals surface area contributed by atoms with Gasteiger partial charge in [-0.3, -0.25) is 4.79 Å². The van der Waals surface area contributed by atoms with Crippen LogP contribution >= 0.6 is 0 Å². The third kappa shape index (κ3) is 4.07. The van der Waals surface area contributed by atoms with E-state index in [0.29, 0.717) is 0 Å². The Morgan fingerprint density at radius 3 is 2.33 bits per heavy atom. The lowest BCUT2D eigenvalue weighted by molar-refractivity contribution is -0.120. The highest BCUT2D eigenvalue weighted by Gasteiger charge is 2.42. The molecule has 1 aliphatic carbocycles. The Morgan fingerprint density at radius 2 is 1.63 bits per heavy atom. The van der Waals surface area contributed by atoms with Gasteiger partial charge < -0.3 is 14.9 Å². The first-order valence-corrected chi connectivity index (χ1v) is 10.9. The number of β-amino-alcohol motifs (C(OH)–C–C–N with tert-alkyl or cyclic N) is 1. The summed E-state index contributed by atoms with van der Waals surface area (Å²) in [5, 5.41) is 11.2. The van der Waals surface area contributed by atoms with Crippen LogP contribution in [0.5, 0.6) is 0 Å². The summed E-state index contributed by atoms with van der Waals surface area (Å²) in [5.41, 5.74) is 2.36. The Kier molecular flexibility index (Phi) is 5.56. The van der Waals surface area contributed by atoms with E-state index in [9.17, 15) is 9.90 Å². The molecular weight excluding hydrogens is 336 g/mol. The Balaban J connectivity index is 1.44. The summed E-state index contributed by atoms with van der Waals surface area (Å²) in [6, 6.07) is 8.67. The van der Waals surface area contributed by atoms with Crippen LogP contribution in [0.1, 0.15) is 68.9 Å². The number of hydrogen-bond donors (Lipinski definition) is 1. The van der Waals surface area contributed by atoms with E-state index in [1.54, 1.807) is 0 Å². The molecule has 4 nitrogen and oxygen atoms in total. The Morgan fingerprint density at radius 1 is 0.963 bits per heavy atom. The van der Waals surface area contributed by atoms with Gasteiger partial charge in [0, 0.05) is 25.0 Å². The van der Waals surface area contributed by atoms with Gasteiger partial charge in [0.15, 0.2) is 0 Å². The molecule has 4 heteroatoms. The van der Waals surface area contributed by atoms with Gasteiger partial charge in [-0.1, -0.05) is 56.4 Å². The van der Waals surface area contributed by atoms with E-state index in [1.807, 2.05) is 4.90 Å². The van der Waals surface area contributed by atoms with Crippen molar-refractivity contribution in [1.29, 1.82) is 0 Å². The maximum absolute atomic E-state index is 11.5. The van der Waals surface area contributed by atoms with E-state index in [0.717, 1.165) is 77.7 Å². The number of nitrogens with zero attached hydrogens (tertiary/aromatic N) is 2. The average Bonchev–Trinajstić information content (AvgIpc) is 2.67. The SMILES string of the molecule is O=CN1Cc2ccccc2C2(CCN(CC3(O)CCCCCCC3)CC2)C1. The minimum Gasteiger partial charge on any atom is -0.389 e. The van der Waals surface area contributed by atoms with Gasteiger partial charge in [-0.05, 0) is 49.9 Å². The summed E-state index contributed by atoms with van der Waals surface area (Å²) in [5.74, 6) is 0. The molecule has 0 unspecified atom stereocenters. The van der Waals surface area contributed by atoms with Crippen LogP contribution in [-0.4, -0.2) is 53.1 Å². The van der Waals surface area contributed by atoms with Crippen molar-refractivity contribution in [2.75, 3.05) is 26.2 Å². The van der Waals surface area contributed by atoms with Crippen molar-refractivity contribution in [3.63, 3.8) is 0 Å². The molecule has 1 spiro atoms. The Labute approximate surface area is 163 Å². The zero-order valence-corrected chi connectivity index (χ0v) is 16.5. The molecule has 27 heavy (non-hydrogen) atoms. The molecule has 4 rings (SSSR count). The molecule has 0 atom stereocenters. The van der Waals surface area contributed by atoms with Gasteiger partial charge in [-0.2, -0.15) is 0 Å². The number of fused-ring (bicyclic) bond motifs is 2. The molecule has 0 radical (unpaired) electrons. The number of aliphatic hydroxyl groups is 1. The number of likely N-dealkylation sites (tertiary alicyclic amines) is 1. The fourth-order valence-corrected chi connectivity index (χ4v) is 5.70. The quantitative estimate of drug-likeness (QED) is 0.829. The number of hydrogen-bond acceptors (Lipinski definition) is 3. The van der Waals surface area contributed by atoms with Crippen molar-refractivity contribution in [3.8, 4) is 0 Å². The first-order valence-electron chi connectivity index (χ1n) is 10.9. The summed E-state index contributed by atoms with van der Waals surface area (Å²) in [6.07, 6.45) is 11.3. The second kappa shape index (κ2) is 7.92. The van der Waals surface area contributed by atoms with Crippen molar-refractivity contribution in [3.05, 3.63) is 35.4 Å². The van der Waals surface area contributed by atoms with Crippen LogP contribution in [0.15, 0.2) is 24.3 Å². The van der Waals surface area contributed by atoms with Gasteiger partial charge in [0.25, 0.3) is 0 Å². The zero-order chi connectivity index (χ0) is 18.7. The first kappa shape index (κ1) is 18.9. The molecule has 1 N–H and O–H groups in total. The number of rotatable bonds is 3. The lowest BCUT2D eigenvalue weighted by Gasteiger charge is -2.49. The van der Waals surface area contributed by atoms with Crippen molar-refractivity contribution < 1.29 is 9.90 Å². The third-order valence-electron chi connectivity index (χ3n) is 7.23. The molecule has 1 aromatic rings. The standard InChI is InChI=1S/C23H34N2O2/c26-19-25-16-20-8-4-5-9-21(20)22(17-25)12-14-24(15-13-22)18-23(27)10-6-2-1-3-7-11-23/h4-5,8-9,19,27H,1-3,6-7,10-18H2. The lowest BCUT2D eigenvalue weighted by atomic mass is 9.68. The Hall–Kier alpha value is -1.39. The second-order valence-corrected chi connectivity index (χ2v) is 9.22. The van der Waals surface area contributed by atoms with E-state index in [1.165, 1.54) is 30.4 Å². The first-order chi connectivity index (χ1) is 13.1. The van der Waals surface area contributed by atoms with Crippen LogP contribution in [0.4, 0.5) is 0 Å². The highest BCUT2D eigenvalue weighted by molar-refractivity contribution is 5.51. The van der Waals surface area contributed by atoms with Crippen LogP contribution in [0.2, 0.25) is 0 Å². The monoisotopic (exact) mass is 370 g/mol. The molecule has 3 aliphatic rings. The predicted octanol–water partition coefficient (Wildman–Crippen LogP) is 3.47. The van der Waals surface area contributed by atoms with Gasteiger partial charge in [-0.15, -0.1) is 0 Å². The molecule has 0 aromatic heterocycles. The van der Waals surface area contributed by atoms with Crippen molar-refractivity contribution in [2.45, 2.75) is 75.3 Å². The topological polar surface area (TPSA) is 43.8 Å². The molecule has 148 valence electrons. The van der Waals surface area contributed by atoms with Crippen LogP contribution in [0, 0.1) is 0 Å². The molecule has 2 aliphatic heterocycles. The number of benzene rings is 1. The zero-order valence-electron chi connectivity index (χ0n) is 16.5. The minimum atomic E-state index is -0.496. The predicted molar refractivity (Wildman–Crippen MR) is 108 cm³/mol. The van der Waals surface area contributed by atoms with Gasteiger partial charge in [-0.25, -0.2) is 0 Å². The Bertz CT molecular complexity index is 644. The van der Waals surface area contributed by atoms with Gasteiger partial charge in [0.2, 0.25) is 6.41 Å². The summed E-state index contributed by atoms with van der Waals surface area (Å²) in [4.78, 5) is 15.9. The van der Waals surface area contributed by atoms with E-state index in [4.69, 9.17) is 0 Å². The fraction of sp³-hybridized carbons (Fsp3) is 0.696. The van der Waals surface area contributed by atoms with E-state index < -0.39 is 5.60 Å².